The molecule has 0 radical (unpaired) electrons. The fourth-order valence-electron chi connectivity index (χ4n) is 1.66. The normalized spacial score (nSPS) is 18.2. The van der Waals surface area contributed by atoms with Crippen LogP contribution in [0, 0.1) is 0 Å². The van der Waals surface area contributed by atoms with Gasteiger partial charge in [0.25, 0.3) is 10.0 Å². The summed E-state index contributed by atoms with van der Waals surface area (Å²) < 4.78 is 28.0. The second-order valence-electron chi connectivity index (χ2n) is 4.21. The minimum Gasteiger partial charge on any atom is -0.290 e. The molecule has 98 valence electrons. The lowest BCUT2D eigenvalue weighted by Crippen LogP contribution is -2.13. The van der Waals surface area contributed by atoms with E-state index in [9.17, 15) is 13.2 Å². The van der Waals surface area contributed by atoms with E-state index in [-0.39, 0.29) is 10.7 Å². The zero-order valence-electron chi connectivity index (χ0n) is 10.6. The van der Waals surface area contributed by atoms with Gasteiger partial charge in [-0.05, 0) is 43.7 Å². The molecule has 1 aromatic rings. The molecule has 4 nitrogen and oxygen atoms in total. The zero-order chi connectivity index (χ0) is 14.0. The first-order valence-electron chi connectivity index (χ1n) is 5.72. The largest absolute Gasteiger partial charge is 0.290 e. The second kappa shape index (κ2) is 4.93. The second-order valence-corrected chi connectivity index (χ2v) is 5.82. The predicted octanol–water partition coefficient (Wildman–Crippen LogP) is 2.29. The third kappa shape index (κ3) is 2.71. The van der Waals surface area contributed by atoms with E-state index in [4.69, 9.17) is 0 Å². The van der Waals surface area contributed by atoms with Gasteiger partial charge in [-0.3, -0.25) is 4.79 Å². The van der Waals surface area contributed by atoms with Gasteiger partial charge in [-0.25, -0.2) is 0 Å². The van der Waals surface area contributed by atoms with Crippen LogP contribution in [0.3, 0.4) is 0 Å². The van der Waals surface area contributed by atoms with Crippen molar-refractivity contribution in [3.05, 3.63) is 53.6 Å². The third-order valence-electron chi connectivity index (χ3n) is 2.97. The van der Waals surface area contributed by atoms with E-state index in [1.807, 2.05) is 0 Å². The highest BCUT2D eigenvalue weighted by Gasteiger charge is 2.18. The Morgan fingerprint density at radius 1 is 0.947 bits per heavy atom. The molecule has 5 heteroatoms. The first kappa shape index (κ1) is 13.4. The van der Waals surface area contributed by atoms with Crippen molar-refractivity contribution < 1.29 is 13.2 Å². The molecule has 0 fully saturated rings. The third-order valence-corrected chi connectivity index (χ3v) is 4.27. The summed E-state index contributed by atoms with van der Waals surface area (Å²) in [4.78, 5) is 11.6. The number of sulfonamides is 1. The van der Waals surface area contributed by atoms with Crippen molar-refractivity contribution in [2.75, 3.05) is 0 Å². The molecule has 2 rings (SSSR count). The number of ketones is 1. The molecule has 0 amide bonds. The Labute approximate surface area is 112 Å². The van der Waals surface area contributed by atoms with Crippen LogP contribution >= 0.6 is 0 Å². The van der Waals surface area contributed by atoms with Crippen molar-refractivity contribution in [2.45, 2.75) is 18.7 Å². The topological polar surface area (TPSA) is 63.6 Å². The quantitative estimate of drug-likeness (QED) is 0.778. The number of nitrogens with zero attached hydrogens (tertiary/aromatic N) is 1. The molecule has 0 aromatic heterocycles. The molecule has 0 saturated heterocycles. The summed E-state index contributed by atoms with van der Waals surface area (Å²) in [7, 11) is -3.74. The van der Waals surface area contributed by atoms with Crippen LogP contribution in [-0.2, 0) is 14.8 Å². The number of carbonyl (C=O) groups excluding carboxylic acids is 1. The maximum Gasteiger partial charge on any atom is 0.282 e. The molecule has 0 aliphatic heterocycles. The number of hydrogen-bond donors (Lipinski definition) is 0. The zero-order valence-corrected chi connectivity index (χ0v) is 11.4. The van der Waals surface area contributed by atoms with E-state index < -0.39 is 10.0 Å². The summed E-state index contributed by atoms with van der Waals surface area (Å²) in [5.74, 6) is -0.117. The van der Waals surface area contributed by atoms with Crippen molar-refractivity contribution in [3.63, 3.8) is 0 Å². The molecule has 19 heavy (non-hydrogen) atoms. The highest BCUT2D eigenvalue weighted by Crippen LogP contribution is 2.18. The van der Waals surface area contributed by atoms with Crippen molar-refractivity contribution in [1.82, 2.24) is 0 Å². The fraction of sp³-hybridized carbons (Fsp3) is 0.143. The van der Waals surface area contributed by atoms with E-state index in [1.54, 1.807) is 32.0 Å². The van der Waals surface area contributed by atoms with Crippen LogP contribution in [0.25, 0.3) is 0 Å². The van der Waals surface area contributed by atoms with Crippen LogP contribution in [0.5, 0.6) is 0 Å². The number of allylic oxidation sites excluding steroid dienone is 4. The molecular weight excluding hydrogens is 262 g/mol. The Hall–Kier alpha value is -2.01. The molecule has 1 aliphatic carbocycles. The highest BCUT2D eigenvalue weighted by molar-refractivity contribution is 7.90. The van der Waals surface area contributed by atoms with Gasteiger partial charge in [-0.1, -0.05) is 18.2 Å². The van der Waals surface area contributed by atoms with Crippen LogP contribution in [0.1, 0.15) is 13.8 Å². The van der Waals surface area contributed by atoms with Gasteiger partial charge in [-0.2, -0.15) is 12.8 Å². The van der Waals surface area contributed by atoms with Crippen molar-refractivity contribution in [1.29, 1.82) is 0 Å². The Bertz CT molecular complexity index is 710. The average Bonchev–Trinajstić information content (AvgIpc) is 2.40. The number of rotatable bonds is 2. The van der Waals surface area contributed by atoms with Gasteiger partial charge in [0.15, 0.2) is 5.78 Å². The molecular formula is C14H13NO3S. The first-order chi connectivity index (χ1) is 8.92. The van der Waals surface area contributed by atoms with Gasteiger partial charge < -0.3 is 0 Å². The lowest BCUT2D eigenvalue weighted by atomic mass is 9.97. The summed E-state index contributed by atoms with van der Waals surface area (Å²) in [5.41, 5.74) is 1.41. The number of benzene rings is 1. The SMILES string of the molecule is CC1=C(C)/C(=N\S(=O)(=O)c2ccccc2)C=CC1=O. The Morgan fingerprint density at radius 3 is 2.21 bits per heavy atom. The summed E-state index contributed by atoms with van der Waals surface area (Å²) in [6.07, 6.45) is 2.77. The molecule has 0 N–H and O–H groups in total. The van der Waals surface area contributed by atoms with Crippen LogP contribution in [0.15, 0.2) is 62.9 Å². The Kier molecular flexibility index (Phi) is 3.48. The van der Waals surface area contributed by atoms with Crippen LogP contribution in [0.4, 0.5) is 0 Å². The molecule has 0 bridgehead atoms. The molecule has 0 atom stereocenters. The number of hydrogen-bond acceptors (Lipinski definition) is 3. The van der Waals surface area contributed by atoms with Gasteiger partial charge >= 0.3 is 0 Å². The molecule has 0 spiro atoms. The Morgan fingerprint density at radius 2 is 1.58 bits per heavy atom. The van der Waals surface area contributed by atoms with Gasteiger partial charge in [-0.15, -0.1) is 0 Å². The highest BCUT2D eigenvalue weighted by atomic mass is 32.2. The standard InChI is InChI=1S/C14H13NO3S/c1-10-11(2)14(16)9-8-13(10)15-19(17,18)12-6-4-3-5-7-12/h3-9H,1-2H3/b15-13-. The minimum atomic E-state index is -3.74. The van der Waals surface area contributed by atoms with E-state index in [1.165, 1.54) is 24.3 Å². The van der Waals surface area contributed by atoms with Gasteiger partial charge in [0.05, 0.1) is 10.6 Å². The average molecular weight is 275 g/mol. The molecule has 0 unspecified atom stereocenters. The summed E-state index contributed by atoms with van der Waals surface area (Å²) in [6, 6.07) is 8.00. The lowest BCUT2D eigenvalue weighted by Gasteiger charge is -2.10. The fourth-order valence-corrected chi connectivity index (χ4v) is 2.72. The van der Waals surface area contributed by atoms with Crippen molar-refractivity contribution in [2.24, 2.45) is 4.40 Å². The maximum atomic E-state index is 12.1. The summed E-state index contributed by atoms with van der Waals surface area (Å²) in [5, 5.41) is 0. The van der Waals surface area contributed by atoms with Crippen molar-refractivity contribution in [3.8, 4) is 0 Å². The van der Waals surface area contributed by atoms with E-state index in [2.05, 4.69) is 4.40 Å². The van der Waals surface area contributed by atoms with Gasteiger partial charge in [0.2, 0.25) is 0 Å². The smallest absolute Gasteiger partial charge is 0.282 e. The molecule has 1 aromatic carbocycles. The van der Waals surface area contributed by atoms with Crippen LogP contribution < -0.4 is 0 Å². The minimum absolute atomic E-state index is 0.117. The van der Waals surface area contributed by atoms with E-state index in [0.717, 1.165) is 0 Å². The van der Waals surface area contributed by atoms with Gasteiger partial charge in [0.1, 0.15) is 0 Å². The lowest BCUT2D eigenvalue weighted by molar-refractivity contribution is -0.111. The van der Waals surface area contributed by atoms with Crippen LogP contribution in [-0.4, -0.2) is 19.9 Å². The monoisotopic (exact) mass is 275 g/mol. The predicted molar refractivity (Wildman–Crippen MR) is 73.6 cm³/mol. The maximum absolute atomic E-state index is 12.1. The first-order valence-corrected chi connectivity index (χ1v) is 7.16. The molecule has 0 heterocycles. The number of carbonyl (C=O) groups is 1. The van der Waals surface area contributed by atoms with E-state index >= 15 is 0 Å². The summed E-state index contributed by atoms with van der Waals surface area (Å²) >= 11 is 0. The van der Waals surface area contributed by atoms with E-state index in [0.29, 0.717) is 16.9 Å². The Balaban J connectivity index is 2.49. The molecule has 1 aliphatic rings. The molecule has 0 saturated carbocycles. The van der Waals surface area contributed by atoms with Crippen LogP contribution in [0.2, 0.25) is 0 Å². The van der Waals surface area contributed by atoms with Gasteiger partial charge in [0, 0.05) is 5.57 Å². The van der Waals surface area contributed by atoms with Crippen molar-refractivity contribution >= 4 is 21.5 Å². The summed E-state index contributed by atoms with van der Waals surface area (Å²) in [6.45, 7) is 3.35.